The molecule has 1 atom stereocenters. The first kappa shape index (κ1) is 13.9. The third-order valence-electron chi connectivity index (χ3n) is 3.10. The number of carbonyl (C=O) groups excluding carboxylic acids is 1. The topological polar surface area (TPSA) is 63.2 Å². The van der Waals surface area contributed by atoms with E-state index in [1.807, 2.05) is 12.1 Å². The fourth-order valence-corrected chi connectivity index (χ4v) is 2.07. The Bertz CT molecular complexity index is 611. The number of aryl methyl sites for hydroxylation is 1. The molecule has 102 valence electrons. The van der Waals surface area contributed by atoms with Crippen LogP contribution in [-0.2, 0) is 11.2 Å². The van der Waals surface area contributed by atoms with Gasteiger partial charge in [-0.25, -0.2) is 0 Å². The molecule has 2 rings (SSSR count). The summed E-state index contributed by atoms with van der Waals surface area (Å²) in [5.74, 6) is 0.370. The third-order valence-corrected chi connectivity index (χ3v) is 3.10. The van der Waals surface area contributed by atoms with Crippen LogP contribution in [0.2, 0.25) is 0 Å². The van der Waals surface area contributed by atoms with Gasteiger partial charge in [0.1, 0.15) is 17.4 Å². The Labute approximate surface area is 117 Å². The quantitative estimate of drug-likeness (QED) is 0.808. The number of hydrogen-bond donors (Lipinski definition) is 0. The summed E-state index contributed by atoms with van der Waals surface area (Å²) in [7, 11) is 1.53. The molecule has 1 aromatic heterocycles. The zero-order valence-corrected chi connectivity index (χ0v) is 11.2. The van der Waals surface area contributed by atoms with Gasteiger partial charge in [0.05, 0.1) is 19.4 Å². The molecule has 0 aliphatic carbocycles. The van der Waals surface area contributed by atoms with Crippen LogP contribution in [0.4, 0.5) is 0 Å². The van der Waals surface area contributed by atoms with E-state index in [0.717, 1.165) is 5.76 Å². The molecule has 0 spiro atoms. The molecule has 1 aromatic carbocycles. The Kier molecular flexibility index (Phi) is 4.56. The maximum absolute atomic E-state index is 12.2. The summed E-state index contributed by atoms with van der Waals surface area (Å²) in [6.07, 6.45) is 2.34. The molecule has 2 aromatic rings. The second-order valence-corrected chi connectivity index (χ2v) is 4.35. The first-order chi connectivity index (χ1) is 9.76. The van der Waals surface area contributed by atoms with Crippen molar-refractivity contribution in [3.05, 3.63) is 54.0 Å². The molecule has 1 heterocycles. The number of carbonyl (C=O) groups is 1. The van der Waals surface area contributed by atoms with Crippen molar-refractivity contribution in [1.82, 2.24) is 0 Å². The highest BCUT2D eigenvalue weighted by Gasteiger charge is 2.23. The van der Waals surface area contributed by atoms with Gasteiger partial charge in [-0.2, -0.15) is 5.26 Å². The SMILES string of the molecule is COc1ccccc1C(C#N)C(=O)CCc1ccco1. The molecule has 4 nitrogen and oxygen atoms in total. The smallest absolute Gasteiger partial charge is 0.155 e. The summed E-state index contributed by atoms with van der Waals surface area (Å²) in [6.45, 7) is 0. The summed E-state index contributed by atoms with van der Waals surface area (Å²) in [5, 5.41) is 9.28. The zero-order valence-electron chi connectivity index (χ0n) is 11.2. The molecule has 0 aliphatic rings. The Balaban J connectivity index is 2.11. The molecule has 0 radical (unpaired) electrons. The van der Waals surface area contributed by atoms with Crippen molar-refractivity contribution in [3.63, 3.8) is 0 Å². The summed E-state index contributed by atoms with van der Waals surface area (Å²) < 4.78 is 10.4. The van der Waals surface area contributed by atoms with Gasteiger partial charge in [0, 0.05) is 18.4 Å². The average molecular weight is 269 g/mol. The first-order valence-corrected chi connectivity index (χ1v) is 6.34. The molecule has 0 amide bonds. The highest BCUT2D eigenvalue weighted by Crippen LogP contribution is 2.27. The molecular formula is C16H15NO3. The Morgan fingerprint density at radius 1 is 1.35 bits per heavy atom. The van der Waals surface area contributed by atoms with Gasteiger partial charge in [0.25, 0.3) is 0 Å². The predicted octanol–water partition coefficient (Wildman–Crippen LogP) is 3.10. The van der Waals surface area contributed by atoms with E-state index in [0.29, 0.717) is 17.7 Å². The van der Waals surface area contributed by atoms with Gasteiger partial charge in [0.15, 0.2) is 5.78 Å². The lowest BCUT2D eigenvalue weighted by molar-refractivity contribution is -0.119. The number of para-hydroxylation sites is 1. The van der Waals surface area contributed by atoms with E-state index in [2.05, 4.69) is 6.07 Å². The van der Waals surface area contributed by atoms with Crippen molar-refractivity contribution >= 4 is 5.78 Å². The van der Waals surface area contributed by atoms with Gasteiger partial charge < -0.3 is 9.15 Å². The first-order valence-electron chi connectivity index (χ1n) is 6.34. The summed E-state index contributed by atoms with van der Waals surface area (Å²) in [6, 6.07) is 12.8. The molecular weight excluding hydrogens is 254 g/mol. The molecule has 4 heteroatoms. The lowest BCUT2D eigenvalue weighted by atomic mass is 9.92. The minimum Gasteiger partial charge on any atom is -0.496 e. The number of furan rings is 1. The molecule has 1 unspecified atom stereocenters. The van der Waals surface area contributed by atoms with Crippen LogP contribution in [0.3, 0.4) is 0 Å². The van der Waals surface area contributed by atoms with E-state index in [9.17, 15) is 10.1 Å². The van der Waals surface area contributed by atoms with Crippen LogP contribution >= 0.6 is 0 Å². The summed E-state index contributed by atoms with van der Waals surface area (Å²) in [5.41, 5.74) is 0.613. The standard InChI is InChI=1S/C16H15NO3/c1-19-16-7-3-2-6-13(16)14(11-17)15(18)9-8-12-5-4-10-20-12/h2-7,10,14H,8-9H2,1H3. The van der Waals surface area contributed by atoms with E-state index in [4.69, 9.17) is 9.15 Å². The van der Waals surface area contributed by atoms with Gasteiger partial charge in [-0.3, -0.25) is 4.79 Å². The molecule has 0 N–H and O–H groups in total. The zero-order chi connectivity index (χ0) is 14.4. The number of nitriles is 1. The van der Waals surface area contributed by atoms with Gasteiger partial charge in [-0.1, -0.05) is 18.2 Å². The Morgan fingerprint density at radius 3 is 2.80 bits per heavy atom. The van der Waals surface area contributed by atoms with E-state index >= 15 is 0 Å². The van der Waals surface area contributed by atoms with Crippen LogP contribution in [-0.4, -0.2) is 12.9 Å². The van der Waals surface area contributed by atoms with Crippen molar-refractivity contribution in [2.75, 3.05) is 7.11 Å². The fraction of sp³-hybridized carbons (Fsp3) is 0.250. The number of methoxy groups -OCH3 is 1. The van der Waals surface area contributed by atoms with Crippen molar-refractivity contribution in [2.45, 2.75) is 18.8 Å². The monoisotopic (exact) mass is 269 g/mol. The van der Waals surface area contributed by atoms with Crippen molar-refractivity contribution in [2.24, 2.45) is 0 Å². The molecule has 0 aliphatic heterocycles. The van der Waals surface area contributed by atoms with Gasteiger partial charge in [-0.15, -0.1) is 0 Å². The van der Waals surface area contributed by atoms with E-state index in [1.54, 1.807) is 30.5 Å². The van der Waals surface area contributed by atoms with Crippen LogP contribution in [0.5, 0.6) is 5.75 Å². The van der Waals surface area contributed by atoms with E-state index < -0.39 is 5.92 Å². The molecule has 0 fully saturated rings. The fourth-order valence-electron chi connectivity index (χ4n) is 2.07. The number of hydrogen-bond acceptors (Lipinski definition) is 4. The lowest BCUT2D eigenvalue weighted by Gasteiger charge is -2.12. The van der Waals surface area contributed by atoms with Crippen LogP contribution < -0.4 is 4.74 Å². The van der Waals surface area contributed by atoms with Crippen LogP contribution in [0.1, 0.15) is 23.7 Å². The van der Waals surface area contributed by atoms with Gasteiger partial charge in [0.2, 0.25) is 0 Å². The minimum atomic E-state index is -0.805. The summed E-state index contributed by atoms with van der Waals surface area (Å²) >= 11 is 0. The van der Waals surface area contributed by atoms with Gasteiger partial charge in [-0.05, 0) is 18.2 Å². The number of nitrogens with zero attached hydrogens (tertiary/aromatic N) is 1. The van der Waals surface area contributed by atoms with Gasteiger partial charge >= 0.3 is 0 Å². The predicted molar refractivity (Wildman–Crippen MR) is 73.4 cm³/mol. The highest BCUT2D eigenvalue weighted by atomic mass is 16.5. The Hall–Kier alpha value is -2.54. The molecule has 0 bridgehead atoms. The van der Waals surface area contributed by atoms with Crippen molar-refractivity contribution in [1.29, 1.82) is 5.26 Å². The number of ether oxygens (including phenoxy) is 1. The number of Topliss-reactive ketones (excluding diaryl/α,β-unsaturated/α-hetero) is 1. The second kappa shape index (κ2) is 6.58. The van der Waals surface area contributed by atoms with E-state index in [1.165, 1.54) is 7.11 Å². The van der Waals surface area contributed by atoms with Crippen LogP contribution in [0, 0.1) is 11.3 Å². The number of benzene rings is 1. The minimum absolute atomic E-state index is 0.131. The van der Waals surface area contributed by atoms with Crippen molar-refractivity contribution in [3.8, 4) is 11.8 Å². The largest absolute Gasteiger partial charge is 0.496 e. The third kappa shape index (κ3) is 3.07. The normalized spacial score (nSPS) is 11.6. The van der Waals surface area contributed by atoms with E-state index in [-0.39, 0.29) is 12.2 Å². The number of ketones is 1. The molecule has 0 saturated heterocycles. The lowest BCUT2D eigenvalue weighted by Crippen LogP contribution is -2.12. The maximum Gasteiger partial charge on any atom is 0.155 e. The second-order valence-electron chi connectivity index (χ2n) is 4.35. The average Bonchev–Trinajstić information content (AvgIpc) is 3.00. The Morgan fingerprint density at radius 2 is 2.15 bits per heavy atom. The maximum atomic E-state index is 12.2. The van der Waals surface area contributed by atoms with Crippen LogP contribution in [0.25, 0.3) is 0 Å². The van der Waals surface area contributed by atoms with Crippen LogP contribution in [0.15, 0.2) is 47.1 Å². The highest BCUT2D eigenvalue weighted by molar-refractivity contribution is 5.89. The molecule has 0 saturated carbocycles. The summed E-state index contributed by atoms with van der Waals surface area (Å²) in [4.78, 5) is 12.2. The van der Waals surface area contributed by atoms with Crippen molar-refractivity contribution < 1.29 is 13.9 Å². The number of rotatable bonds is 6. The molecule has 20 heavy (non-hydrogen) atoms.